The van der Waals surface area contributed by atoms with Gasteiger partial charge < -0.3 is 9.40 Å². The molecule has 0 radical (unpaired) electrons. The highest BCUT2D eigenvalue weighted by Crippen LogP contribution is 2.31. The van der Waals surface area contributed by atoms with Crippen molar-refractivity contribution < 1.29 is 4.42 Å². The van der Waals surface area contributed by atoms with E-state index in [1.54, 1.807) is 11.0 Å². The van der Waals surface area contributed by atoms with Crippen LogP contribution in [0.15, 0.2) is 62.8 Å². The van der Waals surface area contributed by atoms with Crippen molar-refractivity contribution in [3.8, 4) is 11.1 Å². The first-order valence-corrected chi connectivity index (χ1v) is 10.5. The smallest absolute Gasteiger partial charge is 0.277 e. The lowest BCUT2D eigenvalue weighted by Gasteiger charge is -2.01. The van der Waals surface area contributed by atoms with Crippen LogP contribution in [-0.2, 0) is 12.3 Å². The molecule has 4 aromatic heterocycles. The van der Waals surface area contributed by atoms with E-state index >= 15 is 0 Å². The molecule has 0 aliphatic heterocycles. The molecule has 0 saturated heterocycles. The molecule has 0 unspecified atom stereocenters. The Morgan fingerprint density at radius 3 is 2.93 bits per heavy atom. The summed E-state index contributed by atoms with van der Waals surface area (Å²) in [5, 5.41) is 15.0. The van der Waals surface area contributed by atoms with Gasteiger partial charge in [-0.25, -0.2) is 14.6 Å². The maximum Gasteiger partial charge on any atom is 0.277 e. The zero-order valence-corrected chi connectivity index (χ0v) is 16.5. The molecule has 0 fully saturated rings. The molecule has 0 amide bonds. The first kappa shape index (κ1) is 17.8. The number of hydrogen-bond acceptors (Lipinski definition) is 9. The number of nitrogens with zero attached hydrogens (tertiary/aromatic N) is 6. The Bertz CT molecular complexity index is 1310. The van der Waals surface area contributed by atoms with E-state index in [0.29, 0.717) is 39.5 Å². The average molecular weight is 423 g/mol. The number of rotatable bonds is 6. The summed E-state index contributed by atoms with van der Waals surface area (Å²) in [6, 6.07) is 9.82. The number of H-pyrrole nitrogens is 1. The van der Waals surface area contributed by atoms with E-state index in [1.165, 1.54) is 29.4 Å². The van der Waals surface area contributed by atoms with Crippen LogP contribution >= 0.6 is 23.1 Å². The lowest BCUT2D eigenvalue weighted by molar-refractivity contribution is 0.397. The molecular formula is C18H13N7O2S2. The molecule has 1 aromatic carbocycles. The standard InChI is InChI=1S/C18H13N7O2S2/c26-16-15-12(11-4-2-1-3-5-11)7-28-17(15)22-13(21-16)8-29-18-24-23-14(27-18)6-25-10-19-9-20-25/h1-5,7,9-10H,6,8H2,(H,21,22,26). The first-order chi connectivity index (χ1) is 14.3. The van der Waals surface area contributed by atoms with Crippen molar-refractivity contribution in [1.82, 2.24) is 34.9 Å². The summed E-state index contributed by atoms with van der Waals surface area (Å²) in [4.78, 5) is 24.7. The van der Waals surface area contributed by atoms with Gasteiger partial charge in [0.2, 0.25) is 5.89 Å². The van der Waals surface area contributed by atoms with Gasteiger partial charge >= 0.3 is 0 Å². The third-order valence-electron chi connectivity index (χ3n) is 4.12. The molecule has 5 aromatic rings. The summed E-state index contributed by atoms with van der Waals surface area (Å²) in [6.07, 6.45) is 3.02. The number of thioether (sulfide) groups is 1. The van der Waals surface area contributed by atoms with E-state index in [4.69, 9.17) is 4.42 Å². The van der Waals surface area contributed by atoms with Gasteiger partial charge in [-0.1, -0.05) is 42.1 Å². The third-order valence-corrected chi connectivity index (χ3v) is 5.82. The summed E-state index contributed by atoms with van der Waals surface area (Å²) < 4.78 is 7.19. The SMILES string of the molecule is O=c1[nH]c(CSc2nnc(Cn3cncn3)o2)nc2scc(-c3ccccc3)c12. The van der Waals surface area contributed by atoms with Crippen molar-refractivity contribution in [1.29, 1.82) is 0 Å². The highest BCUT2D eigenvalue weighted by atomic mass is 32.2. The number of aromatic amines is 1. The van der Waals surface area contributed by atoms with Gasteiger partial charge in [0.05, 0.1) is 11.1 Å². The molecule has 9 nitrogen and oxygen atoms in total. The second-order valence-corrected chi connectivity index (χ2v) is 7.84. The van der Waals surface area contributed by atoms with Gasteiger partial charge in [0.1, 0.15) is 29.9 Å². The molecule has 0 saturated carbocycles. The molecule has 0 atom stereocenters. The molecule has 5 rings (SSSR count). The lowest BCUT2D eigenvalue weighted by atomic mass is 10.1. The normalized spacial score (nSPS) is 11.3. The maximum absolute atomic E-state index is 12.7. The fourth-order valence-electron chi connectivity index (χ4n) is 2.84. The van der Waals surface area contributed by atoms with Crippen LogP contribution in [0.4, 0.5) is 0 Å². The predicted molar refractivity (Wildman–Crippen MR) is 109 cm³/mol. The van der Waals surface area contributed by atoms with Gasteiger partial charge in [0.15, 0.2) is 0 Å². The van der Waals surface area contributed by atoms with Crippen molar-refractivity contribution in [3.05, 3.63) is 70.4 Å². The fourth-order valence-corrected chi connectivity index (χ4v) is 4.45. The van der Waals surface area contributed by atoms with Gasteiger partial charge in [0, 0.05) is 10.9 Å². The van der Waals surface area contributed by atoms with Crippen molar-refractivity contribution in [3.63, 3.8) is 0 Å². The number of aromatic nitrogens is 7. The highest BCUT2D eigenvalue weighted by Gasteiger charge is 2.14. The number of benzene rings is 1. The largest absolute Gasteiger partial charge is 0.414 e. The second kappa shape index (κ2) is 7.60. The molecule has 29 heavy (non-hydrogen) atoms. The summed E-state index contributed by atoms with van der Waals surface area (Å²) in [6.45, 7) is 0.353. The number of nitrogens with one attached hydrogen (secondary N) is 1. The molecule has 0 bridgehead atoms. The van der Waals surface area contributed by atoms with Crippen LogP contribution in [0, 0.1) is 0 Å². The summed E-state index contributed by atoms with van der Waals surface area (Å²) in [5.74, 6) is 1.40. The average Bonchev–Trinajstić information content (AvgIpc) is 3.49. The van der Waals surface area contributed by atoms with Gasteiger partial charge in [-0.05, 0) is 5.56 Å². The van der Waals surface area contributed by atoms with Crippen molar-refractivity contribution >= 4 is 33.3 Å². The van der Waals surface area contributed by atoms with Crippen LogP contribution in [0.2, 0.25) is 0 Å². The van der Waals surface area contributed by atoms with Gasteiger partial charge in [-0.3, -0.25) is 4.79 Å². The van der Waals surface area contributed by atoms with E-state index in [0.717, 1.165) is 11.1 Å². The van der Waals surface area contributed by atoms with Crippen LogP contribution in [0.1, 0.15) is 11.7 Å². The van der Waals surface area contributed by atoms with Crippen LogP contribution in [0.3, 0.4) is 0 Å². The summed E-state index contributed by atoms with van der Waals surface area (Å²) in [7, 11) is 0. The minimum absolute atomic E-state index is 0.150. The molecule has 0 aliphatic rings. The molecule has 0 spiro atoms. The van der Waals surface area contributed by atoms with E-state index in [1.807, 2.05) is 35.7 Å². The Balaban J connectivity index is 1.34. The van der Waals surface area contributed by atoms with Crippen molar-refractivity contribution in [2.45, 2.75) is 17.5 Å². The number of thiophene rings is 1. The summed E-state index contributed by atoms with van der Waals surface area (Å²) >= 11 is 2.77. The van der Waals surface area contributed by atoms with Crippen molar-refractivity contribution in [2.24, 2.45) is 0 Å². The molecule has 11 heteroatoms. The van der Waals surface area contributed by atoms with Crippen LogP contribution < -0.4 is 5.56 Å². The van der Waals surface area contributed by atoms with Crippen molar-refractivity contribution in [2.75, 3.05) is 0 Å². The van der Waals surface area contributed by atoms with Gasteiger partial charge in [-0.2, -0.15) is 5.10 Å². The molecule has 1 N–H and O–H groups in total. The minimum atomic E-state index is -0.150. The number of hydrogen-bond donors (Lipinski definition) is 1. The molecule has 4 heterocycles. The van der Waals surface area contributed by atoms with Gasteiger partial charge in [0.25, 0.3) is 10.8 Å². The van der Waals surface area contributed by atoms with E-state index in [9.17, 15) is 4.79 Å². The third kappa shape index (κ3) is 3.69. The van der Waals surface area contributed by atoms with Crippen LogP contribution in [0.25, 0.3) is 21.3 Å². The second-order valence-electron chi connectivity index (χ2n) is 6.05. The quantitative estimate of drug-likeness (QED) is 0.415. The Hall–Kier alpha value is -3.31. The minimum Gasteiger partial charge on any atom is -0.414 e. The predicted octanol–water partition coefficient (Wildman–Crippen LogP) is 2.97. The Morgan fingerprint density at radius 2 is 2.10 bits per heavy atom. The van der Waals surface area contributed by atoms with Crippen LogP contribution in [0.5, 0.6) is 0 Å². The Labute approximate surface area is 171 Å². The zero-order valence-electron chi connectivity index (χ0n) is 14.8. The highest BCUT2D eigenvalue weighted by molar-refractivity contribution is 7.98. The summed E-state index contributed by atoms with van der Waals surface area (Å²) in [5.41, 5.74) is 1.75. The van der Waals surface area contributed by atoms with E-state index in [2.05, 4.69) is 30.2 Å². The van der Waals surface area contributed by atoms with E-state index in [-0.39, 0.29) is 5.56 Å². The maximum atomic E-state index is 12.7. The van der Waals surface area contributed by atoms with E-state index < -0.39 is 0 Å². The van der Waals surface area contributed by atoms with Crippen LogP contribution in [-0.4, -0.2) is 34.9 Å². The van der Waals surface area contributed by atoms with Gasteiger partial charge in [-0.15, -0.1) is 21.5 Å². The zero-order chi connectivity index (χ0) is 19.6. The monoisotopic (exact) mass is 423 g/mol. The molecule has 144 valence electrons. The fraction of sp³-hybridized carbons (Fsp3) is 0.111. The topological polar surface area (TPSA) is 115 Å². The molecular weight excluding hydrogens is 410 g/mol. The number of fused-ring (bicyclic) bond motifs is 1. The Kier molecular flexibility index (Phi) is 4.66. The lowest BCUT2D eigenvalue weighted by Crippen LogP contribution is -2.10. The molecule has 0 aliphatic carbocycles. The first-order valence-electron chi connectivity index (χ1n) is 8.59. The Morgan fingerprint density at radius 1 is 1.21 bits per heavy atom.